The number of rotatable bonds is 3. The molecule has 1 amide bonds. The number of amides is 1. The van der Waals surface area contributed by atoms with E-state index < -0.39 is 0 Å². The number of anilines is 1. The molecule has 4 rings (SSSR count). The molecule has 0 fully saturated rings. The van der Waals surface area contributed by atoms with E-state index in [2.05, 4.69) is 15.9 Å². The third-order valence-corrected chi connectivity index (χ3v) is 4.79. The van der Waals surface area contributed by atoms with Gasteiger partial charge in [0.2, 0.25) is 0 Å². The first-order chi connectivity index (χ1) is 12.7. The maximum Gasteiger partial charge on any atom is 0.262 e. The zero-order chi connectivity index (χ0) is 17.9. The minimum Gasteiger partial charge on any atom is -0.276 e. The van der Waals surface area contributed by atoms with Crippen molar-refractivity contribution in [2.75, 3.05) is 4.90 Å². The molecule has 2 nitrogen and oxygen atoms in total. The molecule has 0 aliphatic carbocycles. The second-order valence-electron chi connectivity index (χ2n) is 6.02. The van der Waals surface area contributed by atoms with Crippen molar-refractivity contribution < 1.29 is 4.79 Å². The number of carbonyl (C=O) groups excluding carboxylic acids is 1. The monoisotopic (exact) mass is 401 g/mol. The van der Waals surface area contributed by atoms with Gasteiger partial charge >= 0.3 is 0 Å². The highest BCUT2D eigenvalue weighted by molar-refractivity contribution is 9.10. The van der Waals surface area contributed by atoms with Crippen molar-refractivity contribution in [3.05, 3.63) is 112 Å². The molecule has 0 spiro atoms. The summed E-state index contributed by atoms with van der Waals surface area (Å²) in [6.45, 7) is 0. The molecular formula is C23H16BrNO. The summed E-state index contributed by atoms with van der Waals surface area (Å²) in [7, 11) is 0. The summed E-state index contributed by atoms with van der Waals surface area (Å²) in [6.07, 6.45) is 3.90. The Hall–Kier alpha value is -2.91. The topological polar surface area (TPSA) is 20.3 Å². The van der Waals surface area contributed by atoms with E-state index in [4.69, 9.17) is 0 Å². The van der Waals surface area contributed by atoms with Gasteiger partial charge in [0.1, 0.15) is 0 Å². The van der Waals surface area contributed by atoms with Gasteiger partial charge in [-0.25, -0.2) is 0 Å². The molecule has 26 heavy (non-hydrogen) atoms. The van der Waals surface area contributed by atoms with Crippen LogP contribution in [0.15, 0.2) is 101 Å². The normalized spacial score (nSPS) is 15.4. The Bertz CT molecular complexity index is 989. The van der Waals surface area contributed by atoms with Gasteiger partial charge in [0, 0.05) is 15.7 Å². The van der Waals surface area contributed by atoms with Crippen LogP contribution < -0.4 is 4.90 Å². The number of halogens is 1. The van der Waals surface area contributed by atoms with Crippen LogP contribution in [0.4, 0.5) is 5.69 Å². The van der Waals surface area contributed by atoms with E-state index in [0.29, 0.717) is 5.57 Å². The fourth-order valence-electron chi connectivity index (χ4n) is 3.01. The summed E-state index contributed by atoms with van der Waals surface area (Å²) >= 11 is 3.44. The second kappa shape index (κ2) is 7.14. The Balaban J connectivity index is 1.81. The van der Waals surface area contributed by atoms with E-state index >= 15 is 0 Å². The quantitative estimate of drug-likeness (QED) is 0.498. The first kappa shape index (κ1) is 16.6. The fraction of sp³-hybridized carbons (Fsp3) is 0. The van der Waals surface area contributed by atoms with Gasteiger partial charge < -0.3 is 0 Å². The fourth-order valence-corrected chi connectivity index (χ4v) is 3.27. The van der Waals surface area contributed by atoms with Crippen LogP contribution in [-0.2, 0) is 4.79 Å². The molecule has 0 radical (unpaired) electrons. The lowest BCUT2D eigenvalue weighted by atomic mass is 10.1. The van der Waals surface area contributed by atoms with Crippen LogP contribution in [0.25, 0.3) is 11.8 Å². The van der Waals surface area contributed by atoms with Crippen molar-refractivity contribution in [2.24, 2.45) is 0 Å². The van der Waals surface area contributed by atoms with E-state index in [1.54, 1.807) is 4.90 Å². The van der Waals surface area contributed by atoms with E-state index in [-0.39, 0.29) is 5.91 Å². The minimum atomic E-state index is -0.0158. The summed E-state index contributed by atoms with van der Waals surface area (Å²) in [6, 6.07) is 27.7. The molecule has 126 valence electrons. The summed E-state index contributed by atoms with van der Waals surface area (Å²) in [4.78, 5) is 14.9. The third-order valence-electron chi connectivity index (χ3n) is 4.26. The highest BCUT2D eigenvalue weighted by Crippen LogP contribution is 2.35. The van der Waals surface area contributed by atoms with Crippen LogP contribution in [0, 0.1) is 0 Å². The Morgan fingerprint density at radius 1 is 0.769 bits per heavy atom. The molecule has 0 unspecified atom stereocenters. The number of nitrogens with zero attached hydrogens (tertiary/aromatic N) is 1. The van der Waals surface area contributed by atoms with Gasteiger partial charge in [-0.05, 0) is 47.5 Å². The molecule has 3 aromatic carbocycles. The molecule has 0 bridgehead atoms. The molecule has 3 heteroatoms. The molecule has 3 aromatic rings. The standard InChI is InChI=1S/C23H16BrNO/c24-20-13-11-17(12-14-20)15-19-16-22(18-7-3-1-4-8-18)25(23(19)26)21-9-5-2-6-10-21/h1-16H/b19-15+. The molecule has 0 saturated heterocycles. The maximum atomic E-state index is 13.2. The molecule has 1 heterocycles. The van der Waals surface area contributed by atoms with Crippen molar-refractivity contribution in [3.63, 3.8) is 0 Å². The van der Waals surface area contributed by atoms with E-state index in [9.17, 15) is 4.79 Å². The molecule has 0 aromatic heterocycles. The lowest BCUT2D eigenvalue weighted by Gasteiger charge is -2.20. The number of carbonyl (C=O) groups is 1. The van der Waals surface area contributed by atoms with Crippen LogP contribution in [0.3, 0.4) is 0 Å². The number of hydrogen-bond acceptors (Lipinski definition) is 1. The number of hydrogen-bond donors (Lipinski definition) is 0. The summed E-state index contributed by atoms with van der Waals surface area (Å²) in [5.74, 6) is -0.0158. The predicted octanol–water partition coefficient (Wildman–Crippen LogP) is 5.92. The molecule has 1 aliphatic rings. The third kappa shape index (κ3) is 3.26. The highest BCUT2D eigenvalue weighted by atomic mass is 79.9. The van der Waals surface area contributed by atoms with Gasteiger partial charge in [0.05, 0.1) is 5.70 Å². The van der Waals surface area contributed by atoms with Crippen molar-refractivity contribution in [1.82, 2.24) is 0 Å². The van der Waals surface area contributed by atoms with Crippen molar-refractivity contribution in [2.45, 2.75) is 0 Å². The van der Waals surface area contributed by atoms with Crippen LogP contribution in [0.5, 0.6) is 0 Å². The molecule has 0 N–H and O–H groups in total. The van der Waals surface area contributed by atoms with Gasteiger partial charge in [0.25, 0.3) is 5.91 Å². The summed E-state index contributed by atoms with van der Waals surface area (Å²) in [5.41, 5.74) is 4.45. The zero-order valence-corrected chi connectivity index (χ0v) is 15.6. The van der Waals surface area contributed by atoms with Gasteiger partial charge in [-0.1, -0.05) is 76.6 Å². The second-order valence-corrected chi connectivity index (χ2v) is 6.94. The number of benzene rings is 3. The van der Waals surface area contributed by atoms with Crippen LogP contribution >= 0.6 is 15.9 Å². The summed E-state index contributed by atoms with van der Waals surface area (Å²) in [5, 5.41) is 0. The van der Waals surface area contributed by atoms with E-state index in [1.807, 2.05) is 97.1 Å². The molecule has 0 saturated carbocycles. The first-order valence-electron chi connectivity index (χ1n) is 8.36. The lowest BCUT2D eigenvalue weighted by molar-refractivity contribution is -0.113. The predicted molar refractivity (Wildman–Crippen MR) is 110 cm³/mol. The summed E-state index contributed by atoms with van der Waals surface area (Å²) < 4.78 is 1.02. The Kier molecular flexibility index (Phi) is 4.55. The van der Waals surface area contributed by atoms with Gasteiger partial charge in [-0.2, -0.15) is 0 Å². The molecule has 0 atom stereocenters. The Morgan fingerprint density at radius 3 is 2.04 bits per heavy atom. The maximum absolute atomic E-state index is 13.2. The van der Waals surface area contributed by atoms with Crippen LogP contribution in [-0.4, -0.2) is 5.91 Å². The van der Waals surface area contributed by atoms with Crippen LogP contribution in [0.1, 0.15) is 11.1 Å². The lowest BCUT2D eigenvalue weighted by Crippen LogP contribution is -2.24. The van der Waals surface area contributed by atoms with Gasteiger partial charge in [-0.15, -0.1) is 0 Å². The van der Waals surface area contributed by atoms with Crippen molar-refractivity contribution in [1.29, 1.82) is 0 Å². The average Bonchev–Trinajstić information content (AvgIpc) is 3.01. The SMILES string of the molecule is O=C1/C(=C/c2ccc(Br)cc2)C=C(c2ccccc2)N1c1ccccc1. The molecule has 1 aliphatic heterocycles. The Morgan fingerprint density at radius 2 is 1.38 bits per heavy atom. The van der Waals surface area contributed by atoms with Crippen molar-refractivity contribution >= 4 is 39.3 Å². The van der Waals surface area contributed by atoms with Crippen LogP contribution in [0.2, 0.25) is 0 Å². The highest BCUT2D eigenvalue weighted by Gasteiger charge is 2.30. The minimum absolute atomic E-state index is 0.0158. The zero-order valence-electron chi connectivity index (χ0n) is 14.0. The average molecular weight is 402 g/mol. The Labute approximate surface area is 161 Å². The van der Waals surface area contributed by atoms with E-state index in [0.717, 1.165) is 27.0 Å². The van der Waals surface area contributed by atoms with Gasteiger partial charge in [-0.3, -0.25) is 9.69 Å². The molecular weight excluding hydrogens is 386 g/mol. The largest absolute Gasteiger partial charge is 0.276 e. The first-order valence-corrected chi connectivity index (χ1v) is 9.15. The number of para-hydroxylation sites is 1. The van der Waals surface area contributed by atoms with E-state index in [1.165, 1.54) is 0 Å². The van der Waals surface area contributed by atoms with Gasteiger partial charge in [0.15, 0.2) is 0 Å². The van der Waals surface area contributed by atoms with Crippen molar-refractivity contribution in [3.8, 4) is 0 Å². The smallest absolute Gasteiger partial charge is 0.262 e.